The molecule has 0 radical (unpaired) electrons. The second-order valence-electron chi connectivity index (χ2n) is 7.90. The molecule has 0 spiro atoms. The van der Waals surface area contributed by atoms with Crippen molar-refractivity contribution in [2.24, 2.45) is 5.16 Å². The number of hydrogen-bond donors (Lipinski definition) is 0. The first-order valence-corrected chi connectivity index (χ1v) is 10.8. The van der Waals surface area contributed by atoms with Crippen LogP contribution in [0.1, 0.15) is 31.4 Å². The fraction of sp³-hybridized carbons (Fsp3) is 0.360. The van der Waals surface area contributed by atoms with Gasteiger partial charge in [-0.3, -0.25) is 14.6 Å². The molecule has 2 heterocycles. The van der Waals surface area contributed by atoms with Gasteiger partial charge in [0.25, 0.3) is 5.91 Å². The van der Waals surface area contributed by atoms with Crippen LogP contribution in [0.15, 0.2) is 71.4 Å². The first kappa shape index (κ1) is 21.1. The molecule has 2 aliphatic heterocycles. The highest BCUT2D eigenvalue weighted by Crippen LogP contribution is 2.43. The molecule has 2 aromatic rings. The van der Waals surface area contributed by atoms with E-state index in [-0.39, 0.29) is 11.9 Å². The number of oxime groups is 1. The molecule has 1 amide bonds. The molecule has 0 aliphatic carbocycles. The normalized spacial score (nSPS) is 20.8. The van der Waals surface area contributed by atoms with Crippen LogP contribution < -0.4 is 9.64 Å². The van der Waals surface area contributed by atoms with E-state index in [1.165, 1.54) is 12.8 Å². The molecule has 6 heteroatoms. The smallest absolute Gasteiger partial charge is 0.257 e. The van der Waals surface area contributed by atoms with E-state index in [1.807, 2.05) is 72.5 Å². The largest absolute Gasteiger partial charge is 0.497 e. The van der Waals surface area contributed by atoms with Crippen LogP contribution in [0.25, 0.3) is 0 Å². The minimum atomic E-state index is -0.156. The number of carbonyl (C=O) groups excluding carboxylic acids is 1. The van der Waals surface area contributed by atoms with Gasteiger partial charge < -0.3 is 9.57 Å². The highest BCUT2D eigenvalue weighted by molar-refractivity contribution is 6.18. The van der Waals surface area contributed by atoms with Crippen molar-refractivity contribution in [1.82, 2.24) is 4.90 Å². The summed E-state index contributed by atoms with van der Waals surface area (Å²) in [5, 5.41) is 4.22. The maximum Gasteiger partial charge on any atom is 0.257 e. The highest BCUT2D eigenvalue weighted by Gasteiger charge is 2.43. The summed E-state index contributed by atoms with van der Waals surface area (Å²) in [6.07, 6.45) is 4.38. The molecule has 0 saturated carbocycles. The van der Waals surface area contributed by atoms with E-state index in [4.69, 9.17) is 9.57 Å². The quantitative estimate of drug-likeness (QED) is 0.212. The molecule has 2 aliphatic rings. The lowest BCUT2D eigenvalue weighted by molar-refractivity contribution is -0.119. The molecule has 162 valence electrons. The molecule has 4 rings (SSSR count). The standard InChI is InChI=1S/C25H29N3O3/c1-19(26-31-17-16-27-14-6-7-15-27)18-23-24(20-8-4-3-5-9-20)28(25(23)29)21-10-12-22(30-2)13-11-21/h3-5,8-13,18,24H,6-7,14-17H2,1-2H3. The zero-order valence-electron chi connectivity index (χ0n) is 18.2. The van der Waals surface area contributed by atoms with Crippen LogP contribution in [0.2, 0.25) is 0 Å². The van der Waals surface area contributed by atoms with Gasteiger partial charge in [0, 0.05) is 17.8 Å². The number of hydrogen-bond acceptors (Lipinski definition) is 5. The highest BCUT2D eigenvalue weighted by atomic mass is 16.6. The first-order chi connectivity index (χ1) is 15.2. The van der Waals surface area contributed by atoms with Crippen LogP contribution in [-0.2, 0) is 9.63 Å². The van der Waals surface area contributed by atoms with Crippen LogP contribution >= 0.6 is 0 Å². The van der Waals surface area contributed by atoms with Crippen LogP contribution in [-0.4, -0.2) is 49.9 Å². The SMILES string of the molecule is COc1ccc(N2C(=O)C(=CC(C)=NOCCN3CCCC3)C2c2ccccc2)cc1. The molecular weight excluding hydrogens is 390 g/mol. The predicted octanol–water partition coefficient (Wildman–Crippen LogP) is 4.20. The summed E-state index contributed by atoms with van der Waals surface area (Å²) in [5.41, 5.74) is 3.31. The first-order valence-electron chi connectivity index (χ1n) is 10.8. The fourth-order valence-corrected chi connectivity index (χ4v) is 4.14. The number of carbonyl (C=O) groups is 1. The Morgan fingerprint density at radius 3 is 2.48 bits per heavy atom. The van der Waals surface area contributed by atoms with Gasteiger partial charge in [-0.1, -0.05) is 35.5 Å². The molecule has 1 atom stereocenters. The van der Waals surface area contributed by atoms with Gasteiger partial charge in [0.1, 0.15) is 12.4 Å². The van der Waals surface area contributed by atoms with Crippen LogP contribution in [0.4, 0.5) is 5.69 Å². The number of benzene rings is 2. The molecule has 2 saturated heterocycles. The van der Waals surface area contributed by atoms with Crippen molar-refractivity contribution in [3.63, 3.8) is 0 Å². The number of β-lactam (4-membered cyclic amide) rings is 1. The Morgan fingerprint density at radius 2 is 1.81 bits per heavy atom. The van der Waals surface area contributed by atoms with E-state index < -0.39 is 0 Å². The molecule has 6 nitrogen and oxygen atoms in total. The van der Waals surface area contributed by atoms with Gasteiger partial charge in [-0.05, 0) is 68.8 Å². The second kappa shape index (κ2) is 9.79. The number of allylic oxidation sites excluding steroid dienone is 1. The summed E-state index contributed by atoms with van der Waals surface area (Å²) in [5.74, 6) is 0.739. The minimum Gasteiger partial charge on any atom is -0.497 e. The van der Waals surface area contributed by atoms with Gasteiger partial charge in [-0.2, -0.15) is 0 Å². The number of methoxy groups -OCH3 is 1. The van der Waals surface area contributed by atoms with Gasteiger partial charge in [0.15, 0.2) is 0 Å². The van der Waals surface area contributed by atoms with Crippen LogP contribution in [0, 0.1) is 0 Å². The summed E-state index contributed by atoms with van der Waals surface area (Å²) >= 11 is 0. The monoisotopic (exact) mass is 419 g/mol. The Kier molecular flexibility index (Phi) is 6.67. The molecule has 31 heavy (non-hydrogen) atoms. The Morgan fingerprint density at radius 1 is 1.10 bits per heavy atom. The predicted molar refractivity (Wildman–Crippen MR) is 122 cm³/mol. The van der Waals surface area contributed by atoms with Gasteiger partial charge in [0.05, 0.1) is 18.9 Å². The van der Waals surface area contributed by atoms with Crippen molar-refractivity contribution < 1.29 is 14.4 Å². The third-order valence-electron chi connectivity index (χ3n) is 5.75. The maximum absolute atomic E-state index is 13.1. The summed E-state index contributed by atoms with van der Waals surface area (Å²) in [7, 11) is 1.63. The molecule has 2 fully saturated rings. The lowest BCUT2D eigenvalue weighted by atomic mass is 9.86. The Bertz CT molecular complexity index is 948. The Hall–Kier alpha value is -3.12. The molecule has 1 unspecified atom stereocenters. The average Bonchev–Trinajstić information content (AvgIpc) is 3.33. The minimum absolute atomic E-state index is 0.0226. The van der Waals surface area contributed by atoms with E-state index in [0.29, 0.717) is 17.9 Å². The Labute approximate surface area is 183 Å². The average molecular weight is 420 g/mol. The lowest BCUT2D eigenvalue weighted by Gasteiger charge is -2.43. The van der Waals surface area contributed by atoms with Crippen molar-refractivity contribution in [2.75, 3.05) is 38.3 Å². The fourth-order valence-electron chi connectivity index (χ4n) is 4.14. The molecular formula is C25H29N3O3. The number of anilines is 1. The van der Waals surface area contributed by atoms with Gasteiger partial charge in [-0.15, -0.1) is 0 Å². The van der Waals surface area contributed by atoms with Gasteiger partial charge >= 0.3 is 0 Å². The van der Waals surface area contributed by atoms with Crippen LogP contribution in [0.5, 0.6) is 5.75 Å². The van der Waals surface area contributed by atoms with Crippen molar-refractivity contribution in [3.05, 3.63) is 71.8 Å². The van der Waals surface area contributed by atoms with Crippen molar-refractivity contribution >= 4 is 17.3 Å². The van der Waals surface area contributed by atoms with E-state index in [1.54, 1.807) is 7.11 Å². The summed E-state index contributed by atoms with van der Waals surface area (Å²) < 4.78 is 5.24. The van der Waals surface area contributed by atoms with E-state index in [0.717, 1.165) is 36.6 Å². The molecule has 0 bridgehead atoms. The second-order valence-corrected chi connectivity index (χ2v) is 7.90. The number of likely N-dealkylation sites (tertiary alicyclic amines) is 1. The van der Waals surface area contributed by atoms with Crippen molar-refractivity contribution in [2.45, 2.75) is 25.8 Å². The number of ether oxygens (including phenoxy) is 1. The third-order valence-corrected chi connectivity index (χ3v) is 5.75. The zero-order valence-corrected chi connectivity index (χ0v) is 18.2. The maximum atomic E-state index is 13.1. The van der Waals surface area contributed by atoms with Crippen molar-refractivity contribution in [3.8, 4) is 5.75 Å². The van der Waals surface area contributed by atoms with Gasteiger partial charge in [0.2, 0.25) is 0 Å². The van der Waals surface area contributed by atoms with E-state index >= 15 is 0 Å². The summed E-state index contributed by atoms with van der Waals surface area (Å²) in [4.78, 5) is 22.8. The number of rotatable bonds is 8. The van der Waals surface area contributed by atoms with E-state index in [9.17, 15) is 4.79 Å². The van der Waals surface area contributed by atoms with Crippen molar-refractivity contribution in [1.29, 1.82) is 0 Å². The molecule has 0 aromatic heterocycles. The topological polar surface area (TPSA) is 54.4 Å². The van der Waals surface area contributed by atoms with E-state index in [2.05, 4.69) is 10.1 Å². The summed E-state index contributed by atoms with van der Waals surface area (Å²) in [6.45, 7) is 5.61. The zero-order chi connectivity index (χ0) is 21.6. The summed E-state index contributed by atoms with van der Waals surface area (Å²) in [6, 6.07) is 17.4. The lowest BCUT2D eigenvalue weighted by Crippen LogP contribution is -2.49. The number of nitrogens with zero attached hydrogens (tertiary/aromatic N) is 3. The Balaban J connectivity index is 1.50. The third kappa shape index (κ3) is 4.80. The van der Waals surface area contributed by atoms with Crippen LogP contribution in [0.3, 0.4) is 0 Å². The van der Waals surface area contributed by atoms with Gasteiger partial charge in [-0.25, -0.2) is 0 Å². The molecule has 0 N–H and O–H groups in total. The molecule has 2 aromatic carbocycles. The number of amides is 1.